The number of likely N-dealkylation sites (N-methyl/N-ethyl adjacent to an activating group) is 1. The Morgan fingerprint density at radius 3 is 2.60 bits per heavy atom. The van der Waals surface area contributed by atoms with Gasteiger partial charge in [-0.3, -0.25) is 19.1 Å². The number of amides is 1. The standard InChI is InChI=1S/C25H23F2N3O5/c1-29-12-20(34-2)22-21(25(33)28-11-16-8-9-17(26)10-18(16)27)23(32)24(19(13-31)30(22)29)35-14-15-6-4-3-5-7-15/h3-10,13,20H,11-12,14H2,1-2H3,(H,28,33). The van der Waals surface area contributed by atoms with Gasteiger partial charge in [-0.05, 0) is 11.6 Å². The van der Waals surface area contributed by atoms with E-state index in [0.29, 0.717) is 12.4 Å². The second kappa shape index (κ2) is 10.1. The van der Waals surface area contributed by atoms with Crippen LogP contribution >= 0.6 is 0 Å². The molecule has 0 spiro atoms. The number of halogens is 2. The number of nitrogens with zero attached hydrogens (tertiary/aromatic N) is 2. The Balaban J connectivity index is 1.76. The van der Waals surface area contributed by atoms with E-state index in [1.165, 1.54) is 17.9 Å². The molecule has 1 amide bonds. The van der Waals surface area contributed by atoms with Crippen molar-refractivity contribution in [1.29, 1.82) is 0 Å². The zero-order chi connectivity index (χ0) is 25.1. The molecule has 0 fully saturated rings. The number of fused-ring (bicyclic) bond motifs is 1. The maximum atomic E-state index is 14.1. The fourth-order valence-corrected chi connectivity index (χ4v) is 4.06. The van der Waals surface area contributed by atoms with E-state index in [0.717, 1.165) is 11.6 Å². The predicted octanol–water partition coefficient (Wildman–Crippen LogP) is 2.72. The molecule has 3 aromatic rings. The molecule has 0 radical (unpaired) electrons. The molecule has 2 aromatic carbocycles. The summed E-state index contributed by atoms with van der Waals surface area (Å²) >= 11 is 0. The van der Waals surface area contributed by atoms with Gasteiger partial charge >= 0.3 is 0 Å². The summed E-state index contributed by atoms with van der Waals surface area (Å²) in [5.74, 6) is -2.66. The van der Waals surface area contributed by atoms with Crippen LogP contribution < -0.4 is 20.5 Å². The molecule has 1 aliphatic rings. The van der Waals surface area contributed by atoms with E-state index in [1.54, 1.807) is 36.3 Å². The Morgan fingerprint density at radius 1 is 1.20 bits per heavy atom. The molecule has 182 valence electrons. The van der Waals surface area contributed by atoms with Gasteiger partial charge in [0.15, 0.2) is 12.0 Å². The zero-order valence-corrected chi connectivity index (χ0v) is 19.1. The number of pyridine rings is 1. The minimum atomic E-state index is -0.829. The number of benzene rings is 2. The summed E-state index contributed by atoms with van der Waals surface area (Å²) in [7, 11) is 3.10. The van der Waals surface area contributed by atoms with Crippen LogP contribution in [0, 0.1) is 11.6 Å². The van der Waals surface area contributed by atoms with E-state index in [9.17, 15) is 23.2 Å². The molecule has 1 N–H and O–H groups in total. The molecule has 1 aromatic heterocycles. The fourth-order valence-electron chi connectivity index (χ4n) is 4.06. The molecule has 10 heteroatoms. The minimum absolute atomic E-state index is 0.00443. The number of hydrogen-bond donors (Lipinski definition) is 1. The zero-order valence-electron chi connectivity index (χ0n) is 19.1. The van der Waals surface area contributed by atoms with Gasteiger partial charge in [-0.1, -0.05) is 36.4 Å². The van der Waals surface area contributed by atoms with Crippen molar-refractivity contribution in [2.24, 2.45) is 0 Å². The predicted molar refractivity (Wildman–Crippen MR) is 123 cm³/mol. The van der Waals surface area contributed by atoms with Gasteiger partial charge in [0, 0.05) is 32.3 Å². The van der Waals surface area contributed by atoms with Crippen LogP contribution in [0.5, 0.6) is 5.75 Å². The van der Waals surface area contributed by atoms with Crippen LogP contribution in [-0.2, 0) is 17.9 Å². The van der Waals surface area contributed by atoms with Crippen LogP contribution in [0.2, 0.25) is 0 Å². The lowest BCUT2D eigenvalue weighted by atomic mass is 10.1. The summed E-state index contributed by atoms with van der Waals surface area (Å²) in [4.78, 5) is 38.8. The number of nitrogens with one attached hydrogen (secondary N) is 1. The number of carbonyl (C=O) groups excluding carboxylic acids is 2. The number of aromatic nitrogens is 1. The highest BCUT2D eigenvalue weighted by molar-refractivity contribution is 5.97. The maximum Gasteiger partial charge on any atom is 0.257 e. The highest BCUT2D eigenvalue weighted by atomic mass is 19.1. The van der Waals surface area contributed by atoms with Crippen LogP contribution in [0.15, 0.2) is 53.3 Å². The summed E-state index contributed by atoms with van der Waals surface area (Å²) in [6, 6.07) is 12.0. The first-order chi connectivity index (χ1) is 16.8. The first kappa shape index (κ1) is 24.1. The normalized spacial score (nSPS) is 14.5. The number of methoxy groups -OCH3 is 1. The summed E-state index contributed by atoms with van der Waals surface area (Å²) < 4.78 is 39.9. The topological polar surface area (TPSA) is 89.9 Å². The number of rotatable bonds is 8. The van der Waals surface area contributed by atoms with Crippen molar-refractivity contribution in [3.63, 3.8) is 0 Å². The van der Waals surface area contributed by atoms with Gasteiger partial charge in [-0.2, -0.15) is 0 Å². The Bertz CT molecular complexity index is 1330. The van der Waals surface area contributed by atoms with Gasteiger partial charge in [-0.15, -0.1) is 0 Å². The van der Waals surface area contributed by atoms with Gasteiger partial charge in [-0.25, -0.2) is 8.78 Å². The molecule has 4 rings (SSSR count). The van der Waals surface area contributed by atoms with Crippen LogP contribution in [-0.4, -0.2) is 37.6 Å². The molecule has 0 saturated heterocycles. The lowest BCUT2D eigenvalue weighted by molar-refractivity contribution is 0.0924. The van der Waals surface area contributed by atoms with Crippen LogP contribution in [0.25, 0.3) is 0 Å². The van der Waals surface area contributed by atoms with E-state index < -0.39 is 29.1 Å². The van der Waals surface area contributed by atoms with Crippen molar-refractivity contribution in [2.45, 2.75) is 19.3 Å². The lowest BCUT2D eigenvalue weighted by Crippen LogP contribution is -2.36. The SMILES string of the molecule is COC1CN(C)n2c(C=O)c(OCc3ccccc3)c(=O)c(C(=O)NCc3ccc(F)cc3F)c21. The summed E-state index contributed by atoms with van der Waals surface area (Å²) in [5, 5.41) is 4.15. The third kappa shape index (κ3) is 4.65. The molecule has 1 atom stereocenters. The van der Waals surface area contributed by atoms with Gasteiger partial charge in [0.05, 0.1) is 12.2 Å². The molecule has 8 nitrogen and oxygen atoms in total. The third-order valence-corrected chi connectivity index (χ3v) is 5.76. The summed E-state index contributed by atoms with van der Waals surface area (Å²) in [6.45, 7) is -0.0196. The van der Waals surface area contributed by atoms with Crippen LogP contribution in [0.3, 0.4) is 0 Å². The van der Waals surface area contributed by atoms with Crippen molar-refractivity contribution >= 4 is 12.2 Å². The molecule has 35 heavy (non-hydrogen) atoms. The van der Waals surface area contributed by atoms with Crippen molar-refractivity contribution in [3.8, 4) is 5.75 Å². The smallest absolute Gasteiger partial charge is 0.257 e. The molecule has 0 saturated carbocycles. The van der Waals surface area contributed by atoms with Crippen molar-refractivity contribution < 1.29 is 27.8 Å². The second-order valence-electron chi connectivity index (χ2n) is 7.99. The highest BCUT2D eigenvalue weighted by Crippen LogP contribution is 2.31. The first-order valence-electron chi connectivity index (χ1n) is 10.8. The molecule has 0 bridgehead atoms. The van der Waals surface area contributed by atoms with Gasteiger partial charge in [0.25, 0.3) is 5.91 Å². The average Bonchev–Trinajstić information content (AvgIpc) is 3.18. The Kier molecular flexibility index (Phi) is 6.92. The number of ether oxygens (including phenoxy) is 2. The second-order valence-corrected chi connectivity index (χ2v) is 7.99. The van der Waals surface area contributed by atoms with E-state index in [4.69, 9.17) is 9.47 Å². The Hall–Kier alpha value is -4.05. The van der Waals surface area contributed by atoms with Crippen LogP contribution in [0.4, 0.5) is 8.78 Å². The van der Waals surface area contributed by atoms with Crippen molar-refractivity contribution in [2.75, 3.05) is 25.7 Å². The summed E-state index contributed by atoms with van der Waals surface area (Å²) in [5.41, 5.74) is -0.131. The van der Waals surface area contributed by atoms with Gasteiger partial charge in [0.1, 0.15) is 35.6 Å². The Morgan fingerprint density at radius 2 is 1.94 bits per heavy atom. The maximum absolute atomic E-state index is 14.1. The molecule has 1 aliphatic heterocycles. The number of hydrogen-bond acceptors (Lipinski definition) is 6. The van der Waals surface area contributed by atoms with E-state index in [-0.39, 0.29) is 48.0 Å². The number of aldehydes is 1. The largest absolute Gasteiger partial charge is 0.483 e. The number of carbonyl (C=O) groups is 2. The van der Waals surface area contributed by atoms with Crippen LogP contribution in [0.1, 0.15) is 43.8 Å². The lowest BCUT2D eigenvalue weighted by Gasteiger charge is -2.22. The van der Waals surface area contributed by atoms with Crippen molar-refractivity contribution in [3.05, 3.63) is 98.5 Å². The fraction of sp³-hybridized carbons (Fsp3) is 0.240. The van der Waals surface area contributed by atoms with Gasteiger partial charge in [0.2, 0.25) is 5.43 Å². The average molecular weight is 483 g/mol. The van der Waals surface area contributed by atoms with Crippen molar-refractivity contribution in [1.82, 2.24) is 9.99 Å². The summed E-state index contributed by atoms with van der Waals surface area (Å²) in [6.07, 6.45) is -0.187. The Labute approximate surface area is 199 Å². The minimum Gasteiger partial charge on any atom is -0.483 e. The molecular formula is C25H23F2N3O5. The van der Waals surface area contributed by atoms with E-state index in [2.05, 4.69) is 5.32 Å². The highest BCUT2D eigenvalue weighted by Gasteiger charge is 2.37. The molecule has 2 heterocycles. The van der Waals surface area contributed by atoms with E-state index in [1.807, 2.05) is 6.07 Å². The quantitative estimate of drug-likeness (QED) is 0.496. The molecule has 1 unspecified atom stereocenters. The molecular weight excluding hydrogens is 460 g/mol. The monoisotopic (exact) mass is 483 g/mol. The first-order valence-corrected chi connectivity index (χ1v) is 10.8. The molecule has 0 aliphatic carbocycles. The third-order valence-electron chi connectivity index (χ3n) is 5.76. The van der Waals surface area contributed by atoms with E-state index >= 15 is 0 Å². The van der Waals surface area contributed by atoms with Gasteiger partial charge < -0.3 is 19.8 Å².